The van der Waals surface area contributed by atoms with E-state index < -0.39 is 0 Å². The molecule has 8 heteroatoms. The van der Waals surface area contributed by atoms with Crippen LogP contribution < -0.4 is 15.7 Å². The van der Waals surface area contributed by atoms with Crippen molar-refractivity contribution >= 4 is 34.8 Å². The monoisotopic (exact) mass is 444 g/mol. The van der Waals surface area contributed by atoms with Crippen LogP contribution in [-0.4, -0.2) is 34.5 Å². The summed E-state index contributed by atoms with van der Waals surface area (Å²) in [6.45, 7) is 0. The Hall–Kier alpha value is -3.91. The first kappa shape index (κ1) is 21.3. The topological polar surface area (TPSA) is 85.6 Å². The predicted molar refractivity (Wildman–Crippen MR) is 127 cm³/mol. The third-order valence-corrected chi connectivity index (χ3v) is 5.55. The van der Waals surface area contributed by atoms with E-state index in [1.165, 1.54) is 16.3 Å². The van der Waals surface area contributed by atoms with Gasteiger partial charge >= 0.3 is 0 Å². The molecule has 0 radical (unpaired) electrons. The number of methoxy groups -OCH3 is 1. The second-order valence-corrected chi connectivity index (χ2v) is 7.69. The minimum Gasteiger partial charge on any atom is -0.497 e. The molecule has 0 bridgehead atoms. The van der Waals surface area contributed by atoms with Crippen LogP contribution in [0.4, 0.5) is 0 Å². The number of thioether (sulfide) groups is 1. The Morgan fingerprint density at radius 1 is 1.06 bits per heavy atom. The summed E-state index contributed by atoms with van der Waals surface area (Å²) < 4.78 is 6.64. The van der Waals surface area contributed by atoms with Crippen LogP contribution in [0.25, 0.3) is 16.6 Å². The number of para-hydroxylation sites is 2. The molecule has 3 aromatic carbocycles. The molecule has 1 amide bonds. The predicted octanol–water partition coefficient (Wildman–Crippen LogP) is 3.64. The molecule has 7 nitrogen and oxygen atoms in total. The van der Waals surface area contributed by atoms with Gasteiger partial charge in [-0.05, 0) is 54.1 Å². The number of carbonyl (C=O) groups is 1. The van der Waals surface area contributed by atoms with Gasteiger partial charge in [-0.3, -0.25) is 14.2 Å². The van der Waals surface area contributed by atoms with Crippen molar-refractivity contribution in [3.05, 3.63) is 94.8 Å². The van der Waals surface area contributed by atoms with Gasteiger partial charge in [0.2, 0.25) is 0 Å². The largest absolute Gasteiger partial charge is 0.497 e. The van der Waals surface area contributed by atoms with Crippen molar-refractivity contribution in [2.75, 3.05) is 12.9 Å². The van der Waals surface area contributed by atoms with Crippen LogP contribution >= 0.6 is 11.8 Å². The fourth-order valence-corrected chi connectivity index (χ4v) is 3.85. The van der Waals surface area contributed by atoms with Crippen molar-refractivity contribution in [2.45, 2.75) is 5.16 Å². The highest BCUT2D eigenvalue weighted by atomic mass is 32.2. The molecule has 0 aliphatic carbocycles. The smallest absolute Gasteiger partial charge is 0.266 e. The molecule has 0 fully saturated rings. The maximum Gasteiger partial charge on any atom is 0.266 e. The summed E-state index contributed by atoms with van der Waals surface area (Å²) in [5, 5.41) is 4.95. The SMILES string of the molecule is COc1ccc(/C=N\NC(=O)CSc2nc3ccccc3c(=O)n2-c2ccccc2)cc1. The summed E-state index contributed by atoms with van der Waals surface area (Å²) in [6.07, 6.45) is 1.55. The van der Waals surface area contributed by atoms with Crippen molar-refractivity contribution < 1.29 is 9.53 Å². The zero-order valence-corrected chi connectivity index (χ0v) is 18.1. The van der Waals surface area contributed by atoms with Gasteiger partial charge in [-0.25, -0.2) is 10.4 Å². The van der Waals surface area contributed by atoms with Crippen LogP contribution in [0.1, 0.15) is 5.56 Å². The van der Waals surface area contributed by atoms with E-state index in [2.05, 4.69) is 15.5 Å². The normalized spacial score (nSPS) is 11.0. The highest BCUT2D eigenvalue weighted by Crippen LogP contribution is 2.21. The van der Waals surface area contributed by atoms with Crippen molar-refractivity contribution in [3.63, 3.8) is 0 Å². The van der Waals surface area contributed by atoms with Gasteiger partial charge in [0.25, 0.3) is 11.5 Å². The maximum absolute atomic E-state index is 13.1. The second kappa shape index (κ2) is 9.93. The molecule has 1 aromatic heterocycles. The maximum atomic E-state index is 13.1. The number of nitrogens with zero attached hydrogens (tertiary/aromatic N) is 3. The summed E-state index contributed by atoms with van der Waals surface area (Å²) in [7, 11) is 1.60. The molecular weight excluding hydrogens is 424 g/mol. The van der Waals surface area contributed by atoms with Crippen molar-refractivity contribution in [3.8, 4) is 11.4 Å². The molecule has 0 saturated heterocycles. The van der Waals surface area contributed by atoms with Crippen LogP contribution in [0.5, 0.6) is 5.75 Å². The lowest BCUT2D eigenvalue weighted by Crippen LogP contribution is -2.24. The van der Waals surface area contributed by atoms with Crippen LogP contribution in [0.2, 0.25) is 0 Å². The van der Waals surface area contributed by atoms with Crippen LogP contribution in [-0.2, 0) is 4.79 Å². The van der Waals surface area contributed by atoms with E-state index in [1.54, 1.807) is 25.5 Å². The molecule has 0 saturated carbocycles. The molecule has 160 valence electrons. The number of ether oxygens (including phenoxy) is 1. The van der Waals surface area contributed by atoms with E-state index in [1.807, 2.05) is 66.7 Å². The van der Waals surface area contributed by atoms with E-state index in [4.69, 9.17) is 4.74 Å². The number of fused-ring (bicyclic) bond motifs is 1. The highest BCUT2D eigenvalue weighted by Gasteiger charge is 2.14. The number of amides is 1. The first-order chi connectivity index (χ1) is 15.7. The molecule has 0 atom stereocenters. The molecule has 0 unspecified atom stereocenters. The number of carbonyl (C=O) groups excluding carboxylic acids is 1. The first-order valence-electron chi connectivity index (χ1n) is 9.81. The summed E-state index contributed by atoms with van der Waals surface area (Å²) in [5.74, 6) is 0.495. The third-order valence-electron chi connectivity index (χ3n) is 4.61. The van der Waals surface area contributed by atoms with Gasteiger partial charge in [0.15, 0.2) is 5.16 Å². The number of aromatic nitrogens is 2. The van der Waals surface area contributed by atoms with Crippen molar-refractivity contribution in [1.82, 2.24) is 15.0 Å². The summed E-state index contributed by atoms with van der Waals surface area (Å²) >= 11 is 1.18. The van der Waals surface area contributed by atoms with E-state index in [9.17, 15) is 9.59 Å². The molecule has 4 aromatic rings. The Kier molecular flexibility index (Phi) is 6.62. The van der Waals surface area contributed by atoms with Gasteiger partial charge in [0.05, 0.1) is 35.7 Å². The second-order valence-electron chi connectivity index (χ2n) is 6.74. The van der Waals surface area contributed by atoms with Gasteiger partial charge in [-0.1, -0.05) is 42.1 Å². The molecule has 0 aliphatic rings. The van der Waals surface area contributed by atoms with Crippen LogP contribution in [0, 0.1) is 0 Å². The first-order valence-corrected chi connectivity index (χ1v) is 10.8. The minimum absolute atomic E-state index is 0.0531. The summed E-state index contributed by atoms with van der Waals surface area (Å²) in [4.78, 5) is 30.1. The lowest BCUT2D eigenvalue weighted by atomic mass is 10.2. The Morgan fingerprint density at radius 3 is 2.53 bits per heavy atom. The van der Waals surface area contributed by atoms with E-state index in [0.717, 1.165) is 11.3 Å². The number of hydrogen-bond acceptors (Lipinski definition) is 6. The molecule has 1 N–H and O–H groups in total. The van der Waals surface area contributed by atoms with Crippen LogP contribution in [0.3, 0.4) is 0 Å². The molecule has 4 rings (SSSR count). The highest BCUT2D eigenvalue weighted by molar-refractivity contribution is 7.99. The van der Waals surface area contributed by atoms with E-state index >= 15 is 0 Å². The zero-order chi connectivity index (χ0) is 22.3. The lowest BCUT2D eigenvalue weighted by molar-refractivity contribution is -0.118. The summed E-state index contributed by atoms with van der Waals surface area (Å²) in [6, 6.07) is 23.7. The molecule has 0 spiro atoms. The number of rotatable bonds is 7. The number of nitrogens with one attached hydrogen (secondary N) is 1. The molecular formula is C24H20N4O3S. The quantitative estimate of drug-likeness (QED) is 0.204. The van der Waals surface area contributed by atoms with Gasteiger partial charge in [0, 0.05) is 0 Å². The zero-order valence-electron chi connectivity index (χ0n) is 17.3. The minimum atomic E-state index is -0.304. The fraction of sp³-hybridized carbons (Fsp3) is 0.0833. The van der Waals surface area contributed by atoms with Gasteiger partial charge in [-0.2, -0.15) is 5.10 Å². The Labute approximate surface area is 188 Å². The Bertz CT molecular complexity index is 1320. The fourth-order valence-electron chi connectivity index (χ4n) is 3.05. The van der Waals surface area contributed by atoms with Crippen molar-refractivity contribution in [2.24, 2.45) is 5.10 Å². The van der Waals surface area contributed by atoms with Gasteiger partial charge in [-0.15, -0.1) is 0 Å². The third kappa shape index (κ3) is 4.87. The van der Waals surface area contributed by atoms with Gasteiger partial charge in [0.1, 0.15) is 5.75 Å². The van der Waals surface area contributed by atoms with Gasteiger partial charge < -0.3 is 4.74 Å². The summed E-state index contributed by atoms with van der Waals surface area (Å²) in [5.41, 5.74) is 4.43. The molecule has 0 aliphatic heterocycles. The van der Waals surface area contributed by atoms with E-state index in [0.29, 0.717) is 21.7 Å². The standard InChI is InChI=1S/C24H20N4O3S/c1-31-19-13-11-17(12-14-19)15-25-27-22(29)16-32-24-26-21-10-6-5-9-20(21)23(30)28(24)18-7-3-2-4-8-18/h2-15H,16H2,1H3,(H,27,29)/b25-15-. The Morgan fingerprint density at radius 2 is 1.78 bits per heavy atom. The Balaban J connectivity index is 1.51. The number of hydrogen-bond donors (Lipinski definition) is 1. The lowest BCUT2D eigenvalue weighted by Gasteiger charge is -2.12. The van der Waals surface area contributed by atoms with E-state index in [-0.39, 0.29) is 17.2 Å². The number of benzene rings is 3. The van der Waals surface area contributed by atoms with Crippen LogP contribution in [0.15, 0.2) is 93.9 Å². The van der Waals surface area contributed by atoms with Crippen molar-refractivity contribution in [1.29, 1.82) is 0 Å². The molecule has 1 heterocycles. The average molecular weight is 445 g/mol. The molecule has 32 heavy (non-hydrogen) atoms. The average Bonchev–Trinajstić information content (AvgIpc) is 2.84. The number of hydrazone groups is 1.